The molecule has 2 aromatic rings. The summed E-state index contributed by atoms with van der Waals surface area (Å²) in [6.07, 6.45) is 3.61. The third-order valence-electron chi connectivity index (χ3n) is 2.30. The minimum atomic E-state index is 0.387. The van der Waals surface area contributed by atoms with Gasteiger partial charge in [0.05, 0.1) is 5.69 Å². The molecule has 0 bridgehead atoms. The molecule has 16 heavy (non-hydrogen) atoms. The lowest BCUT2D eigenvalue weighted by Gasteiger charge is -2.03. The van der Waals surface area contributed by atoms with Crippen molar-refractivity contribution >= 4 is 11.3 Å². The van der Waals surface area contributed by atoms with Crippen molar-refractivity contribution in [1.29, 1.82) is 0 Å². The van der Waals surface area contributed by atoms with E-state index >= 15 is 0 Å². The summed E-state index contributed by atoms with van der Waals surface area (Å²) >= 11 is 0. The predicted molar refractivity (Wildman–Crippen MR) is 67.6 cm³/mol. The summed E-state index contributed by atoms with van der Waals surface area (Å²) < 4.78 is 2.02. The molecule has 2 heterocycles. The lowest BCUT2D eigenvalue weighted by Crippen LogP contribution is -1.99. The van der Waals surface area contributed by atoms with Gasteiger partial charge in [-0.25, -0.2) is 9.97 Å². The van der Waals surface area contributed by atoms with E-state index in [0.29, 0.717) is 11.7 Å². The van der Waals surface area contributed by atoms with Crippen LogP contribution in [0.3, 0.4) is 0 Å². The topological polar surface area (TPSA) is 56.2 Å². The van der Waals surface area contributed by atoms with Crippen LogP contribution in [0.2, 0.25) is 0 Å². The molecule has 4 nitrogen and oxygen atoms in total. The fourth-order valence-electron chi connectivity index (χ4n) is 1.68. The van der Waals surface area contributed by atoms with Crippen LogP contribution in [0.25, 0.3) is 5.52 Å². The molecule has 0 radical (unpaired) electrons. The maximum Gasteiger partial charge on any atom is 0.149 e. The van der Waals surface area contributed by atoms with Crippen LogP contribution < -0.4 is 5.73 Å². The largest absolute Gasteiger partial charge is 0.382 e. The number of aromatic nitrogens is 3. The van der Waals surface area contributed by atoms with Crippen LogP contribution in [-0.2, 0) is 0 Å². The van der Waals surface area contributed by atoms with Crippen LogP contribution in [0.15, 0.2) is 12.4 Å². The van der Waals surface area contributed by atoms with Crippen LogP contribution in [0, 0.1) is 6.92 Å². The standard InChI is InChI=1S/C10H14N4.C2H6/c1-6(2)10-13-7(3)8-9(11)12-4-5-14(8)10;1-2/h4-6H,1-3H3,(H2,11,12);1-2H3. The second kappa shape index (κ2) is 4.96. The molecule has 2 rings (SSSR count). The maximum atomic E-state index is 5.80. The second-order valence-corrected chi connectivity index (χ2v) is 3.74. The third kappa shape index (κ3) is 2.01. The highest BCUT2D eigenvalue weighted by Gasteiger charge is 2.12. The minimum Gasteiger partial charge on any atom is -0.382 e. The molecule has 0 aliphatic carbocycles. The Hall–Kier alpha value is -1.58. The molecule has 0 saturated carbocycles. The first-order valence-corrected chi connectivity index (χ1v) is 5.70. The fourth-order valence-corrected chi connectivity index (χ4v) is 1.68. The van der Waals surface area contributed by atoms with E-state index in [1.807, 2.05) is 31.4 Å². The number of nitrogens with two attached hydrogens (primary N) is 1. The second-order valence-electron chi connectivity index (χ2n) is 3.74. The van der Waals surface area contributed by atoms with Gasteiger partial charge in [0.1, 0.15) is 17.2 Å². The summed E-state index contributed by atoms with van der Waals surface area (Å²) in [7, 11) is 0. The molecule has 0 aliphatic rings. The average molecular weight is 220 g/mol. The van der Waals surface area contributed by atoms with Crippen molar-refractivity contribution in [2.75, 3.05) is 5.73 Å². The Morgan fingerprint density at radius 2 is 1.94 bits per heavy atom. The smallest absolute Gasteiger partial charge is 0.149 e. The van der Waals surface area contributed by atoms with Gasteiger partial charge in [-0.3, -0.25) is 4.40 Å². The van der Waals surface area contributed by atoms with Crippen molar-refractivity contribution in [3.63, 3.8) is 0 Å². The molecule has 2 aromatic heterocycles. The Balaban J connectivity index is 0.000000606. The zero-order valence-corrected chi connectivity index (χ0v) is 10.7. The first kappa shape index (κ1) is 12.5. The Morgan fingerprint density at radius 3 is 2.50 bits per heavy atom. The highest BCUT2D eigenvalue weighted by molar-refractivity contribution is 5.68. The van der Waals surface area contributed by atoms with Gasteiger partial charge >= 0.3 is 0 Å². The molecule has 0 atom stereocenters. The number of nitrogen functional groups attached to an aromatic ring is 1. The van der Waals surface area contributed by atoms with E-state index < -0.39 is 0 Å². The van der Waals surface area contributed by atoms with Gasteiger partial charge in [0.25, 0.3) is 0 Å². The molecule has 4 heteroatoms. The molecular formula is C12H20N4. The zero-order valence-electron chi connectivity index (χ0n) is 10.7. The molecule has 0 spiro atoms. The number of nitrogens with zero attached hydrogens (tertiary/aromatic N) is 3. The molecule has 2 N–H and O–H groups in total. The minimum absolute atomic E-state index is 0.387. The maximum absolute atomic E-state index is 5.80. The first-order chi connectivity index (χ1) is 7.61. The number of aryl methyl sites for hydroxylation is 1. The molecule has 0 amide bonds. The van der Waals surface area contributed by atoms with Crippen LogP contribution in [0.1, 0.15) is 45.1 Å². The molecule has 0 unspecified atom stereocenters. The third-order valence-corrected chi connectivity index (χ3v) is 2.30. The number of imidazole rings is 1. The molecule has 0 aliphatic heterocycles. The highest BCUT2D eigenvalue weighted by atomic mass is 15.1. The summed E-state index contributed by atoms with van der Waals surface area (Å²) in [5.41, 5.74) is 7.67. The highest BCUT2D eigenvalue weighted by Crippen LogP contribution is 2.21. The van der Waals surface area contributed by atoms with Gasteiger partial charge in [0.2, 0.25) is 0 Å². The van der Waals surface area contributed by atoms with E-state index in [-0.39, 0.29) is 0 Å². The Morgan fingerprint density at radius 1 is 1.31 bits per heavy atom. The zero-order chi connectivity index (χ0) is 12.3. The lowest BCUT2D eigenvalue weighted by atomic mass is 10.2. The van der Waals surface area contributed by atoms with Crippen molar-refractivity contribution in [3.05, 3.63) is 23.9 Å². The van der Waals surface area contributed by atoms with Crippen molar-refractivity contribution < 1.29 is 0 Å². The van der Waals surface area contributed by atoms with Crippen molar-refractivity contribution in [1.82, 2.24) is 14.4 Å². The molecule has 0 aromatic carbocycles. The number of hydrogen-bond donors (Lipinski definition) is 1. The van der Waals surface area contributed by atoms with E-state index in [9.17, 15) is 0 Å². The molecular weight excluding hydrogens is 200 g/mol. The molecule has 88 valence electrons. The molecule has 0 saturated heterocycles. The van der Waals surface area contributed by atoms with E-state index in [4.69, 9.17) is 5.73 Å². The number of anilines is 1. The van der Waals surface area contributed by atoms with Crippen molar-refractivity contribution in [3.8, 4) is 0 Å². The van der Waals surface area contributed by atoms with Crippen LogP contribution >= 0.6 is 0 Å². The Bertz CT molecular complexity index is 471. The summed E-state index contributed by atoms with van der Waals surface area (Å²) in [6, 6.07) is 0. The summed E-state index contributed by atoms with van der Waals surface area (Å²) in [6.45, 7) is 10.2. The normalized spacial score (nSPS) is 10.4. The average Bonchev–Trinajstić information content (AvgIpc) is 2.61. The summed E-state index contributed by atoms with van der Waals surface area (Å²) in [4.78, 5) is 8.55. The first-order valence-electron chi connectivity index (χ1n) is 5.70. The Labute approximate surface area is 96.5 Å². The van der Waals surface area contributed by atoms with Gasteiger partial charge in [-0.15, -0.1) is 0 Å². The fraction of sp³-hybridized carbons (Fsp3) is 0.500. The number of hydrogen-bond acceptors (Lipinski definition) is 3. The van der Waals surface area contributed by atoms with Crippen LogP contribution in [-0.4, -0.2) is 14.4 Å². The van der Waals surface area contributed by atoms with E-state index in [1.54, 1.807) is 6.20 Å². The molecule has 0 fully saturated rings. The van der Waals surface area contributed by atoms with Gasteiger partial charge in [0.15, 0.2) is 0 Å². The van der Waals surface area contributed by atoms with Gasteiger partial charge < -0.3 is 5.73 Å². The number of rotatable bonds is 1. The van der Waals surface area contributed by atoms with Gasteiger partial charge in [0, 0.05) is 18.3 Å². The Kier molecular flexibility index (Phi) is 3.88. The lowest BCUT2D eigenvalue weighted by molar-refractivity contribution is 0.767. The SMILES string of the molecule is CC.Cc1nc(C(C)C)n2ccnc(N)c12. The number of fused-ring (bicyclic) bond motifs is 1. The van der Waals surface area contributed by atoms with Crippen LogP contribution in [0.5, 0.6) is 0 Å². The van der Waals surface area contributed by atoms with Crippen molar-refractivity contribution in [2.45, 2.75) is 40.5 Å². The van der Waals surface area contributed by atoms with Crippen LogP contribution in [0.4, 0.5) is 5.82 Å². The van der Waals surface area contributed by atoms with Gasteiger partial charge in [-0.05, 0) is 6.92 Å². The monoisotopic (exact) mass is 220 g/mol. The van der Waals surface area contributed by atoms with E-state index in [2.05, 4.69) is 23.8 Å². The van der Waals surface area contributed by atoms with E-state index in [0.717, 1.165) is 17.0 Å². The summed E-state index contributed by atoms with van der Waals surface area (Å²) in [5, 5.41) is 0. The quantitative estimate of drug-likeness (QED) is 0.804. The predicted octanol–water partition coefficient (Wildman–Crippen LogP) is 2.77. The van der Waals surface area contributed by atoms with E-state index in [1.165, 1.54) is 0 Å². The van der Waals surface area contributed by atoms with Crippen molar-refractivity contribution in [2.24, 2.45) is 0 Å². The van der Waals surface area contributed by atoms with Gasteiger partial charge in [-0.2, -0.15) is 0 Å². The van der Waals surface area contributed by atoms with Gasteiger partial charge in [-0.1, -0.05) is 27.7 Å². The summed E-state index contributed by atoms with van der Waals surface area (Å²) in [5.74, 6) is 1.97.